The Morgan fingerprint density at radius 3 is 0.846 bits per heavy atom. The second kappa shape index (κ2) is 61.8. The van der Waals surface area contributed by atoms with E-state index in [9.17, 15) is 0 Å². The zero-order valence-corrected chi connectivity index (χ0v) is 82.3. The number of rotatable bonds is 1. The molecule has 0 aliphatic carbocycles. The molecule has 2 aromatic carbocycles. The summed E-state index contributed by atoms with van der Waals surface area (Å²) in [6.45, 7) is 6.48. The van der Waals surface area contributed by atoms with Crippen LogP contribution in [0.2, 0.25) is 0 Å². The Morgan fingerprint density at radius 2 is 0.590 bits per heavy atom. The quantitative estimate of drug-likeness (QED) is 0.244. The molecule has 2 aromatic heterocycles. The number of aryl methyl sites for hydroxylation is 3. The fourth-order valence-electron chi connectivity index (χ4n) is 4.10. The van der Waals surface area contributed by atoms with E-state index in [1.807, 2.05) is 346 Å². The number of aromatic nitrogens is 2. The van der Waals surface area contributed by atoms with Gasteiger partial charge in [-0.15, -0.1) is 0 Å². The molecule has 78 heavy (non-hydrogen) atoms. The zero-order chi connectivity index (χ0) is 55.6. The summed E-state index contributed by atoms with van der Waals surface area (Å²) in [6, 6.07) is 15.0. The Kier molecular flexibility index (Phi) is 65.1. The molecule has 0 aliphatic rings. The normalized spacial score (nSPS) is 8.87. The maximum Gasteiger partial charge on any atom is 0.146 e. The molecule has 0 unspecified atom stereocenters. The van der Waals surface area contributed by atoms with E-state index in [1.165, 1.54) is 50.8 Å². The van der Waals surface area contributed by atoms with Gasteiger partial charge in [0.2, 0.25) is 0 Å². The molecule has 0 N–H and O–H groups in total. The lowest BCUT2D eigenvalue weighted by Crippen LogP contribution is -1.95. The van der Waals surface area contributed by atoms with Crippen LogP contribution in [-0.2, 0) is 493 Å². The summed E-state index contributed by atoms with van der Waals surface area (Å²) >= 11 is 13.3. The standard InChI is InChI=1S/C20H17BrN2.S55/c1-12-10-13(2)17(14(3)11-12)18-19(21)22-20-16-7-5-4-6-15(16)8-9-23(18)20;1-3-5-7-9-11-13-15-17-19-21-23-25-27-29-31-33-35-37-39-41-43-45-47-49-51-53-55-54-52-50-48-46-44-42-40-38-36-34-32-30-28-26-24-22-20-18-16-14-12-10-8-6-4-2/h4-11H,1-3H3;. The molecule has 0 atom stereocenters. The van der Waals surface area contributed by atoms with Crippen molar-refractivity contribution in [1.82, 2.24) is 9.38 Å². The van der Waals surface area contributed by atoms with Crippen LogP contribution in [0.15, 0.2) is 53.3 Å². The minimum absolute atomic E-state index is 0.893. The summed E-state index contributed by atoms with van der Waals surface area (Å²) in [6.07, 6.45) is 2.11. The van der Waals surface area contributed by atoms with E-state index in [0.717, 1.165) is 15.9 Å². The second-order valence-electron chi connectivity index (χ2n) is 9.73. The third-order valence-corrected chi connectivity index (χ3v) is 122. The molecule has 4 rings (SSSR count). The first-order valence-corrected chi connectivity index (χ1v) is 89.5. The van der Waals surface area contributed by atoms with Crippen LogP contribution in [0.25, 0.3) is 27.7 Å². The van der Waals surface area contributed by atoms with Crippen molar-refractivity contribution in [2.45, 2.75) is 20.8 Å². The lowest BCUT2D eigenvalue weighted by molar-refractivity contribution is 1.19. The molecule has 0 bridgehead atoms. The maximum atomic E-state index is 4.82. The van der Waals surface area contributed by atoms with Crippen molar-refractivity contribution in [3.05, 3.63) is 70.0 Å². The van der Waals surface area contributed by atoms with Crippen molar-refractivity contribution < 1.29 is 0 Å². The number of hydrogen-bond donors (Lipinski definition) is 0. The van der Waals surface area contributed by atoms with Crippen LogP contribution in [0.4, 0.5) is 0 Å². The van der Waals surface area contributed by atoms with Crippen molar-refractivity contribution in [1.29, 1.82) is 0 Å². The Labute approximate surface area is 620 Å². The minimum atomic E-state index is 0.893. The van der Waals surface area contributed by atoms with Gasteiger partial charge in [0.25, 0.3) is 0 Å². The predicted octanol–water partition coefficient (Wildman–Crippen LogP) is 5.71. The van der Waals surface area contributed by atoms with E-state index in [0.29, 0.717) is 0 Å². The van der Waals surface area contributed by atoms with Crippen molar-refractivity contribution in [3.63, 3.8) is 0 Å². The molecule has 0 amide bonds. The SMILES string of the molecule is Cc1cc(C)c(-c2c(Br)nc3c4ccccc4ccn23)c(C)c1.S=S=S=S=S=S=S=S=S=S=S=S=S=S=S=S=S=S=S=S=S=S=S=S=S=S=S=S=S=S=S=S=S=S=S=S=S=S=S=S=S=S=S=S=S=S=S=S=S=S=S=S=S=S=S. The van der Waals surface area contributed by atoms with Gasteiger partial charge in [-0.2, -0.15) is 0 Å². The first-order valence-electron chi connectivity index (χ1n) is 16.7. The van der Waals surface area contributed by atoms with Crippen LogP contribution in [0.3, 0.4) is 0 Å². The second-order valence-corrected chi connectivity index (χ2v) is 104. The van der Waals surface area contributed by atoms with E-state index in [1.54, 1.807) is 107 Å². The van der Waals surface area contributed by atoms with Gasteiger partial charge < -0.3 is 0 Å². The average Bonchev–Trinajstić information content (AvgIpc) is 3.89. The third kappa shape index (κ3) is 44.6. The molecule has 58 heteroatoms. The van der Waals surface area contributed by atoms with Gasteiger partial charge in [0.1, 0.15) is 10.3 Å². The molecule has 0 radical (unpaired) electrons. The van der Waals surface area contributed by atoms with Crippen LogP contribution in [-0.4, -0.2) is 9.38 Å². The Hall–Kier alpha value is 9.97. The Balaban J connectivity index is 0.000000564. The van der Waals surface area contributed by atoms with Crippen LogP contribution in [0, 0.1) is 20.8 Å². The van der Waals surface area contributed by atoms with E-state index in [-0.39, 0.29) is 0 Å². The molecule has 0 saturated heterocycles. The van der Waals surface area contributed by atoms with Crippen molar-refractivity contribution in [3.8, 4) is 11.3 Å². The molecule has 0 aliphatic heterocycles. The third-order valence-electron chi connectivity index (χ3n) is 5.83. The van der Waals surface area contributed by atoms with Crippen molar-refractivity contribution in [2.24, 2.45) is 0 Å². The summed E-state index contributed by atoms with van der Waals surface area (Å²) in [5, 5.41) is 2.38. The maximum absolute atomic E-state index is 4.82. The highest BCUT2D eigenvalue weighted by molar-refractivity contribution is 9.10. The number of pyridine rings is 1. The van der Waals surface area contributed by atoms with Crippen LogP contribution in [0.5, 0.6) is 0 Å². The highest BCUT2D eigenvalue weighted by Crippen LogP contribution is 2.36. The van der Waals surface area contributed by atoms with Gasteiger partial charge in [-0.05, 0) is 59.3 Å². The highest BCUT2D eigenvalue weighted by atomic mass is 79.9. The lowest BCUT2D eigenvalue weighted by atomic mass is 9.97. The fraction of sp³-hybridized carbons (Fsp3) is 0.150. The smallest absolute Gasteiger partial charge is 0.146 e. The molecular formula is C20H17BrN2S55. The summed E-state index contributed by atoms with van der Waals surface area (Å²) in [5.41, 5.74) is 7.21. The zero-order valence-electron chi connectivity index (χ0n) is 35.8. The van der Waals surface area contributed by atoms with Gasteiger partial charge in [-0.3, -0.25) is 4.40 Å². The highest BCUT2D eigenvalue weighted by Gasteiger charge is 2.17. The fourth-order valence-corrected chi connectivity index (χ4v) is 145. The van der Waals surface area contributed by atoms with Crippen LogP contribution < -0.4 is 0 Å². The lowest BCUT2D eigenvalue weighted by Gasteiger charge is -2.12. The van der Waals surface area contributed by atoms with Gasteiger partial charge >= 0.3 is 0 Å². The Morgan fingerprint density at radius 1 is 0.346 bits per heavy atom. The number of nitrogens with zero attached hydrogens (tertiary/aromatic N) is 2. The summed E-state index contributed by atoms with van der Waals surface area (Å²) in [7, 11) is 94.9. The molecule has 0 saturated carbocycles. The molecular weight excluding hydrogens is 2110 g/mol. The number of halogens is 1. The molecule has 2 nitrogen and oxygen atoms in total. The predicted molar refractivity (Wildman–Crippen MR) is 505 cm³/mol. The largest absolute Gasteiger partial charge is 0.298 e. The minimum Gasteiger partial charge on any atom is -0.298 e. The summed E-state index contributed by atoms with van der Waals surface area (Å²) in [4.78, 5) is 4.80. The summed E-state index contributed by atoms with van der Waals surface area (Å²) in [5.74, 6) is 0. The van der Waals surface area contributed by atoms with Crippen molar-refractivity contribution in [2.75, 3.05) is 0 Å². The average molecular weight is 2130 g/mol. The Bertz CT molecular complexity index is 5270. The first kappa shape index (κ1) is 82.2. The van der Waals surface area contributed by atoms with E-state index < -0.39 is 0 Å². The molecule has 0 spiro atoms. The van der Waals surface area contributed by atoms with Gasteiger partial charge in [-0.25, -0.2) is 4.98 Å². The number of fused-ring (bicyclic) bond motifs is 3. The van der Waals surface area contributed by atoms with Gasteiger partial charge in [-0.1, -0.05) is 42.0 Å². The number of hydrogen-bond acceptors (Lipinski definition) is 3. The van der Waals surface area contributed by atoms with E-state index in [4.69, 9.17) is 27.4 Å². The molecule has 444 valence electrons. The van der Waals surface area contributed by atoms with E-state index in [2.05, 4.69) is 89.8 Å². The number of benzene rings is 2. The summed E-state index contributed by atoms with van der Waals surface area (Å²) < 4.78 is 3.08. The van der Waals surface area contributed by atoms with Crippen molar-refractivity contribution >= 4 is 525 Å². The molecule has 4 aromatic rings. The van der Waals surface area contributed by atoms with Gasteiger partial charge in [0.15, 0.2) is 0 Å². The van der Waals surface area contributed by atoms with Crippen LogP contribution >= 0.6 is 15.9 Å². The van der Waals surface area contributed by atoms with Gasteiger partial charge in [0.05, 0.1) is 5.69 Å². The topological polar surface area (TPSA) is 17.3 Å². The first-order chi connectivity index (χ1) is 38.5. The molecule has 2 heterocycles. The number of imidazole rings is 1. The monoisotopic (exact) mass is 2120 g/mol. The van der Waals surface area contributed by atoms with E-state index >= 15 is 0 Å². The van der Waals surface area contributed by atoms with Crippen LogP contribution in [0.1, 0.15) is 16.7 Å². The molecule has 0 fully saturated rings. The van der Waals surface area contributed by atoms with Gasteiger partial charge in [0, 0.05) is 510 Å².